The molecule has 8 heteroatoms. The van der Waals surface area contributed by atoms with Crippen LogP contribution in [0.5, 0.6) is 0 Å². The van der Waals surface area contributed by atoms with Crippen LogP contribution in [0.25, 0.3) is 0 Å². The number of hydrogen-bond donors (Lipinski definition) is 0. The molecule has 1 saturated carbocycles. The summed E-state index contributed by atoms with van der Waals surface area (Å²) in [4.78, 5) is 26.0. The van der Waals surface area contributed by atoms with Gasteiger partial charge in [0.25, 0.3) is 0 Å². The van der Waals surface area contributed by atoms with E-state index in [0.29, 0.717) is 19.4 Å². The minimum Gasteiger partial charge on any atom is -0.462 e. The third-order valence-corrected chi connectivity index (χ3v) is 9.58. The van der Waals surface area contributed by atoms with Crippen LogP contribution in [0, 0.1) is 10.8 Å². The highest BCUT2D eigenvalue weighted by Gasteiger charge is 2.83. The Balaban J connectivity index is 1.37. The fourth-order valence-corrected chi connectivity index (χ4v) is 7.32. The highest BCUT2D eigenvalue weighted by Crippen LogP contribution is 2.72. The molecule has 8 nitrogen and oxygen atoms in total. The number of esters is 2. The quantitative estimate of drug-likeness (QED) is 0.276. The summed E-state index contributed by atoms with van der Waals surface area (Å²) in [5, 5.41) is 0. The van der Waals surface area contributed by atoms with Crippen LogP contribution in [0.15, 0.2) is 47.6 Å². The summed E-state index contributed by atoms with van der Waals surface area (Å²) >= 11 is 0. The van der Waals surface area contributed by atoms with Gasteiger partial charge in [0.05, 0.1) is 30.3 Å². The van der Waals surface area contributed by atoms with Crippen molar-refractivity contribution < 1.29 is 38.0 Å². The molecule has 0 amide bonds. The number of hydrogen-bond acceptors (Lipinski definition) is 8. The van der Waals surface area contributed by atoms with Crippen LogP contribution in [-0.4, -0.2) is 67.6 Å². The predicted octanol–water partition coefficient (Wildman–Crippen LogP) is 3.71. The highest BCUT2D eigenvalue weighted by atomic mass is 16.7. The normalized spacial score (nSPS) is 50.5. The van der Waals surface area contributed by atoms with Gasteiger partial charge in [0.15, 0.2) is 6.29 Å². The van der Waals surface area contributed by atoms with Crippen LogP contribution in [0.1, 0.15) is 53.4 Å². The van der Waals surface area contributed by atoms with Crippen molar-refractivity contribution in [3.8, 4) is 0 Å². The first-order valence-corrected chi connectivity index (χ1v) is 13.3. The van der Waals surface area contributed by atoms with E-state index in [1.54, 1.807) is 12.2 Å². The van der Waals surface area contributed by atoms with Crippen LogP contribution in [-0.2, 0) is 38.0 Å². The Bertz CT molecular complexity index is 1100. The standard InChI is InChI=1S/C29H36O8/c1-17-9-10-28-15-32-25(31)12-18(2)13-26-34-19(3)20(35-26)7-5-6-8-24(30)37-21-14-23(36-22(28)11-17)29(16-33-29)27(21,28)4/h5-8,11-12,19-23,26H,9-10,13-16H2,1-4H3/b7-5+,8-6-,18-12+/t19-,20-,21-,22-,23-,26-,27-,28-,29+/m1/s1. The van der Waals surface area contributed by atoms with Gasteiger partial charge in [-0.1, -0.05) is 42.4 Å². The third-order valence-electron chi connectivity index (χ3n) is 9.58. The number of allylic oxidation sites excluding steroid dienone is 3. The average molecular weight is 513 g/mol. The lowest BCUT2D eigenvalue weighted by Crippen LogP contribution is -2.66. The number of fused-ring (bicyclic) bond motifs is 2. The molecular formula is C29H36O8. The van der Waals surface area contributed by atoms with Gasteiger partial charge in [-0.2, -0.15) is 0 Å². The zero-order valence-electron chi connectivity index (χ0n) is 21.9. The Morgan fingerprint density at radius 3 is 2.57 bits per heavy atom. The summed E-state index contributed by atoms with van der Waals surface area (Å²) in [6.45, 7) is 8.77. The van der Waals surface area contributed by atoms with Crippen molar-refractivity contribution in [2.24, 2.45) is 10.8 Å². The molecule has 0 aromatic rings. The molecule has 4 aliphatic heterocycles. The fraction of sp³-hybridized carbons (Fsp3) is 0.655. The Morgan fingerprint density at radius 2 is 1.78 bits per heavy atom. The van der Waals surface area contributed by atoms with Crippen LogP contribution < -0.4 is 0 Å². The first kappa shape index (κ1) is 25.0. The Labute approximate surface area is 217 Å². The van der Waals surface area contributed by atoms with Crippen molar-refractivity contribution in [1.82, 2.24) is 0 Å². The van der Waals surface area contributed by atoms with E-state index in [2.05, 4.69) is 19.9 Å². The molecule has 3 saturated heterocycles. The Kier molecular flexibility index (Phi) is 6.02. The summed E-state index contributed by atoms with van der Waals surface area (Å²) in [6.07, 6.45) is 11.3. The zero-order valence-corrected chi connectivity index (χ0v) is 21.9. The molecule has 37 heavy (non-hydrogen) atoms. The molecule has 0 N–H and O–H groups in total. The Hall–Kier alpha value is -2.26. The molecule has 0 aromatic heterocycles. The van der Waals surface area contributed by atoms with Crippen molar-refractivity contribution in [3.63, 3.8) is 0 Å². The molecule has 200 valence electrons. The highest BCUT2D eigenvalue weighted by molar-refractivity contribution is 5.83. The van der Waals surface area contributed by atoms with Gasteiger partial charge < -0.3 is 28.4 Å². The Morgan fingerprint density at radius 1 is 0.973 bits per heavy atom. The van der Waals surface area contributed by atoms with E-state index in [0.717, 1.165) is 18.4 Å². The van der Waals surface area contributed by atoms with Gasteiger partial charge >= 0.3 is 11.9 Å². The van der Waals surface area contributed by atoms with Crippen molar-refractivity contribution in [2.75, 3.05) is 13.2 Å². The van der Waals surface area contributed by atoms with Crippen molar-refractivity contribution in [2.45, 2.75) is 95.8 Å². The maximum Gasteiger partial charge on any atom is 0.331 e. The molecule has 0 unspecified atom stereocenters. The zero-order chi connectivity index (χ0) is 26.0. The molecule has 4 heterocycles. The fourth-order valence-electron chi connectivity index (χ4n) is 7.32. The van der Waals surface area contributed by atoms with Crippen LogP contribution >= 0.6 is 0 Å². The molecule has 6 rings (SSSR count). The SMILES string of the molecule is CC1=C[C@H]2O[C@@H]3C[C@H]4OC(=O)/C=C\C=C\[C@H]5O[C@H](C/C(C)=C/C(=O)OC[C@@]2(CC1)[C@]4(C)[C@]31CO1)O[C@@H]5C. The predicted molar refractivity (Wildman–Crippen MR) is 132 cm³/mol. The number of carbonyl (C=O) groups is 2. The number of carbonyl (C=O) groups excluding carboxylic acids is 2. The first-order chi connectivity index (χ1) is 17.7. The lowest BCUT2D eigenvalue weighted by Gasteiger charge is -2.58. The number of rotatable bonds is 0. The number of epoxide rings is 1. The maximum absolute atomic E-state index is 13.0. The molecule has 6 aliphatic rings. The van der Waals surface area contributed by atoms with Crippen molar-refractivity contribution in [1.29, 1.82) is 0 Å². The van der Waals surface area contributed by atoms with E-state index < -0.39 is 40.8 Å². The minimum absolute atomic E-state index is 0.147. The summed E-state index contributed by atoms with van der Waals surface area (Å²) < 4.78 is 36.8. The summed E-state index contributed by atoms with van der Waals surface area (Å²) in [6, 6.07) is 0. The summed E-state index contributed by atoms with van der Waals surface area (Å²) in [7, 11) is 0. The van der Waals surface area contributed by atoms with Gasteiger partial charge in [-0.25, -0.2) is 9.59 Å². The van der Waals surface area contributed by atoms with Crippen LogP contribution in [0.3, 0.4) is 0 Å². The van der Waals surface area contributed by atoms with Gasteiger partial charge in [-0.15, -0.1) is 0 Å². The molecule has 0 radical (unpaired) electrons. The van der Waals surface area contributed by atoms with E-state index in [4.69, 9.17) is 28.4 Å². The monoisotopic (exact) mass is 512 g/mol. The van der Waals surface area contributed by atoms with E-state index in [1.165, 1.54) is 17.7 Å². The van der Waals surface area contributed by atoms with Crippen LogP contribution in [0.4, 0.5) is 0 Å². The molecule has 9 atom stereocenters. The molecule has 2 aliphatic carbocycles. The first-order valence-electron chi connectivity index (χ1n) is 13.3. The molecule has 4 bridgehead atoms. The largest absolute Gasteiger partial charge is 0.462 e. The number of ether oxygens (including phenoxy) is 6. The van der Waals surface area contributed by atoms with Crippen molar-refractivity contribution >= 4 is 11.9 Å². The van der Waals surface area contributed by atoms with E-state index >= 15 is 0 Å². The smallest absolute Gasteiger partial charge is 0.331 e. The van der Waals surface area contributed by atoms with Gasteiger partial charge in [-0.3, -0.25) is 0 Å². The van der Waals surface area contributed by atoms with E-state index in [-0.39, 0.29) is 31.0 Å². The lowest BCUT2D eigenvalue weighted by atomic mass is 9.51. The van der Waals surface area contributed by atoms with Gasteiger partial charge in [-0.05, 0) is 33.6 Å². The number of cyclic esters (lactones) is 1. The molecule has 4 fully saturated rings. The topological polar surface area (TPSA) is 92.8 Å². The maximum atomic E-state index is 13.0. The van der Waals surface area contributed by atoms with Crippen molar-refractivity contribution in [3.05, 3.63) is 47.6 Å². The van der Waals surface area contributed by atoms with Gasteiger partial charge in [0.1, 0.15) is 24.4 Å². The summed E-state index contributed by atoms with van der Waals surface area (Å²) in [5.74, 6) is -0.828. The second-order valence-electron chi connectivity index (χ2n) is 11.7. The van der Waals surface area contributed by atoms with Crippen LogP contribution in [0.2, 0.25) is 0 Å². The van der Waals surface area contributed by atoms with E-state index in [9.17, 15) is 9.59 Å². The second-order valence-corrected chi connectivity index (χ2v) is 11.7. The lowest BCUT2D eigenvalue weighted by molar-refractivity contribution is -0.232. The average Bonchev–Trinajstić information content (AvgIpc) is 3.54. The van der Waals surface area contributed by atoms with Gasteiger partial charge in [0, 0.05) is 30.4 Å². The minimum atomic E-state index is -0.590. The van der Waals surface area contributed by atoms with Gasteiger partial charge in [0.2, 0.25) is 0 Å². The molecular weight excluding hydrogens is 476 g/mol. The third kappa shape index (κ3) is 3.87. The molecule has 2 spiro atoms. The summed E-state index contributed by atoms with van der Waals surface area (Å²) in [5.41, 5.74) is 0.362. The molecule has 0 aromatic carbocycles. The van der Waals surface area contributed by atoms with E-state index in [1.807, 2.05) is 19.9 Å². The second kappa shape index (κ2) is 8.90.